The van der Waals surface area contributed by atoms with E-state index in [9.17, 15) is 8.42 Å². The van der Waals surface area contributed by atoms with Crippen LogP contribution < -0.4 is 10.2 Å². The van der Waals surface area contributed by atoms with Crippen LogP contribution in [-0.2, 0) is 10.0 Å². The smallest absolute Gasteiger partial charge is 0.216 e. The van der Waals surface area contributed by atoms with Gasteiger partial charge >= 0.3 is 0 Å². The summed E-state index contributed by atoms with van der Waals surface area (Å²) in [5, 5.41) is 3.30. The third kappa shape index (κ3) is 4.03. The fourth-order valence-corrected chi connectivity index (χ4v) is 6.59. The van der Waals surface area contributed by atoms with Gasteiger partial charge in [-0.1, -0.05) is 38.1 Å². The highest BCUT2D eigenvalue weighted by Crippen LogP contribution is 2.36. The normalized spacial score (nSPS) is 20.2. The van der Waals surface area contributed by atoms with Crippen LogP contribution in [0.15, 0.2) is 30.5 Å². The molecule has 0 radical (unpaired) electrons. The molecular formula is C23H31N5O2S. The van der Waals surface area contributed by atoms with Gasteiger partial charge < -0.3 is 10.2 Å². The highest BCUT2D eigenvalue weighted by atomic mass is 32.2. The first-order valence-electron chi connectivity index (χ1n) is 11.4. The molecule has 5 rings (SSSR count). The fraction of sp³-hybridized carbons (Fsp3) is 0.565. The number of sulfonamides is 1. The number of nitrogens with zero attached hydrogens (tertiary/aromatic N) is 4. The van der Waals surface area contributed by atoms with E-state index in [1.807, 2.05) is 12.3 Å². The largest absolute Gasteiger partial charge is 0.363 e. The molecule has 1 aliphatic carbocycles. The van der Waals surface area contributed by atoms with Crippen LogP contribution >= 0.6 is 0 Å². The second-order valence-electron chi connectivity index (χ2n) is 9.32. The molecule has 2 aromatic rings. The van der Waals surface area contributed by atoms with Gasteiger partial charge in [0.1, 0.15) is 0 Å². The zero-order chi connectivity index (χ0) is 21.6. The van der Waals surface area contributed by atoms with Gasteiger partial charge in [-0.15, -0.1) is 0 Å². The van der Waals surface area contributed by atoms with Gasteiger partial charge in [0.25, 0.3) is 0 Å². The van der Waals surface area contributed by atoms with Crippen LogP contribution in [0.4, 0.5) is 11.5 Å². The monoisotopic (exact) mass is 441 g/mol. The van der Waals surface area contributed by atoms with Crippen molar-refractivity contribution in [2.75, 3.05) is 36.5 Å². The van der Waals surface area contributed by atoms with E-state index in [4.69, 9.17) is 4.98 Å². The average Bonchev–Trinajstić information content (AvgIpc) is 3.57. The zero-order valence-corrected chi connectivity index (χ0v) is 19.1. The van der Waals surface area contributed by atoms with E-state index in [2.05, 4.69) is 47.2 Å². The Kier molecular flexibility index (Phi) is 5.38. The molecule has 0 amide bonds. The number of hydrogen-bond donors (Lipinski definition) is 1. The molecule has 1 aromatic carbocycles. The summed E-state index contributed by atoms with van der Waals surface area (Å²) in [7, 11) is -3.05. The van der Waals surface area contributed by atoms with E-state index < -0.39 is 10.0 Å². The second kappa shape index (κ2) is 8.06. The van der Waals surface area contributed by atoms with Crippen LogP contribution in [0.25, 0.3) is 11.4 Å². The molecule has 1 aromatic heterocycles. The summed E-state index contributed by atoms with van der Waals surface area (Å²) in [5.74, 6) is 2.60. The van der Waals surface area contributed by atoms with Crippen molar-refractivity contribution in [3.05, 3.63) is 36.0 Å². The Balaban J connectivity index is 1.30. The van der Waals surface area contributed by atoms with Gasteiger partial charge in [-0.05, 0) is 43.1 Å². The number of piperidine rings is 1. The molecule has 1 saturated carbocycles. The van der Waals surface area contributed by atoms with Crippen molar-refractivity contribution in [3.8, 4) is 11.4 Å². The van der Waals surface area contributed by atoms with Crippen molar-refractivity contribution in [3.63, 3.8) is 0 Å². The zero-order valence-electron chi connectivity index (χ0n) is 18.3. The van der Waals surface area contributed by atoms with E-state index in [1.165, 1.54) is 5.56 Å². The van der Waals surface area contributed by atoms with Crippen molar-refractivity contribution in [2.24, 2.45) is 5.92 Å². The first-order valence-corrected chi connectivity index (χ1v) is 12.9. The molecule has 0 atom stereocenters. The number of fused-ring (bicyclic) bond motifs is 1. The van der Waals surface area contributed by atoms with E-state index in [0.29, 0.717) is 24.9 Å². The van der Waals surface area contributed by atoms with Crippen LogP contribution in [0.2, 0.25) is 0 Å². The number of nitrogens with one attached hydrogen (secondary N) is 1. The molecule has 1 N–H and O–H groups in total. The molecule has 166 valence electrons. The lowest BCUT2D eigenvalue weighted by molar-refractivity contribution is 0.275. The summed E-state index contributed by atoms with van der Waals surface area (Å²) < 4.78 is 26.7. The minimum atomic E-state index is -3.05. The molecule has 2 fully saturated rings. The van der Waals surface area contributed by atoms with Gasteiger partial charge in [0.05, 0.1) is 23.8 Å². The summed E-state index contributed by atoms with van der Waals surface area (Å²) >= 11 is 0. The maximum Gasteiger partial charge on any atom is 0.216 e. The molecule has 0 bridgehead atoms. The maximum atomic E-state index is 12.5. The van der Waals surface area contributed by atoms with Crippen molar-refractivity contribution < 1.29 is 8.42 Å². The van der Waals surface area contributed by atoms with Gasteiger partial charge in [0, 0.05) is 25.2 Å². The predicted molar refractivity (Wildman–Crippen MR) is 124 cm³/mol. The van der Waals surface area contributed by atoms with Crippen LogP contribution in [0, 0.1) is 5.92 Å². The lowest BCUT2D eigenvalue weighted by Crippen LogP contribution is -2.42. The molecule has 0 unspecified atom stereocenters. The Bertz CT molecular complexity index is 1060. The maximum absolute atomic E-state index is 12.5. The van der Waals surface area contributed by atoms with Gasteiger partial charge in [-0.25, -0.2) is 22.7 Å². The minimum Gasteiger partial charge on any atom is -0.363 e. The molecule has 31 heavy (non-hydrogen) atoms. The molecule has 3 heterocycles. The molecule has 7 nitrogen and oxygen atoms in total. The number of aromatic nitrogens is 2. The van der Waals surface area contributed by atoms with E-state index >= 15 is 0 Å². The summed E-state index contributed by atoms with van der Waals surface area (Å²) in [6.07, 6.45) is 5.37. The Morgan fingerprint density at radius 1 is 1.13 bits per heavy atom. The van der Waals surface area contributed by atoms with Crippen LogP contribution in [0.5, 0.6) is 0 Å². The second-order valence-corrected chi connectivity index (χ2v) is 11.5. The van der Waals surface area contributed by atoms with Crippen molar-refractivity contribution >= 4 is 21.5 Å². The van der Waals surface area contributed by atoms with Crippen LogP contribution in [0.3, 0.4) is 0 Å². The van der Waals surface area contributed by atoms with Gasteiger partial charge in [-0.2, -0.15) is 0 Å². The first-order chi connectivity index (χ1) is 14.9. The third-order valence-corrected chi connectivity index (χ3v) is 9.11. The topological polar surface area (TPSA) is 78.4 Å². The third-order valence-electron chi connectivity index (χ3n) is 6.71. The highest BCUT2D eigenvalue weighted by Gasteiger charge is 2.41. The van der Waals surface area contributed by atoms with Crippen molar-refractivity contribution in [1.82, 2.24) is 14.3 Å². The lowest BCUT2D eigenvalue weighted by Gasteiger charge is -2.33. The van der Waals surface area contributed by atoms with Gasteiger partial charge in [-0.3, -0.25) is 0 Å². The molecule has 1 saturated heterocycles. The molecule has 2 aliphatic heterocycles. The fourth-order valence-electron chi connectivity index (χ4n) is 4.71. The SMILES string of the molecule is CC(C)c1ccccc1-c1ncc2c(n1)N(CC1CCN(S(=O)(=O)C3CC3)CC1)CN2. The predicted octanol–water partition coefficient (Wildman–Crippen LogP) is 3.66. The first kappa shape index (κ1) is 20.7. The number of anilines is 2. The summed E-state index contributed by atoms with van der Waals surface area (Å²) in [4.78, 5) is 11.9. The molecule has 0 spiro atoms. The Morgan fingerprint density at radius 2 is 1.87 bits per heavy atom. The molecule has 3 aliphatic rings. The van der Waals surface area contributed by atoms with Crippen molar-refractivity contribution in [1.29, 1.82) is 0 Å². The quantitative estimate of drug-likeness (QED) is 0.737. The lowest BCUT2D eigenvalue weighted by atomic mass is 9.97. The standard InChI is InChI=1S/C23H31N5O2S/c1-16(2)19-5-3-4-6-20(19)22-24-13-21-23(26-22)27(15-25-21)14-17-9-11-28(12-10-17)31(29,30)18-7-8-18/h3-6,13,16-18,25H,7-12,14-15H2,1-2H3. The van der Waals surface area contributed by atoms with Crippen molar-refractivity contribution in [2.45, 2.75) is 50.7 Å². The Morgan fingerprint density at radius 3 is 2.58 bits per heavy atom. The van der Waals surface area contributed by atoms with Crippen LogP contribution in [0.1, 0.15) is 51.0 Å². The Labute approximate surface area is 184 Å². The summed E-state index contributed by atoms with van der Waals surface area (Å²) in [5.41, 5.74) is 3.31. The average molecular weight is 442 g/mol. The van der Waals surface area contributed by atoms with Gasteiger partial charge in [0.2, 0.25) is 10.0 Å². The molecule has 8 heteroatoms. The summed E-state index contributed by atoms with van der Waals surface area (Å²) in [6, 6.07) is 8.35. The van der Waals surface area contributed by atoms with E-state index in [0.717, 1.165) is 61.8 Å². The number of hydrogen-bond acceptors (Lipinski definition) is 6. The highest BCUT2D eigenvalue weighted by molar-refractivity contribution is 7.90. The van der Waals surface area contributed by atoms with E-state index in [1.54, 1.807) is 4.31 Å². The van der Waals surface area contributed by atoms with Crippen LogP contribution in [-0.4, -0.2) is 54.2 Å². The summed E-state index contributed by atoms with van der Waals surface area (Å²) in [6.45, 7) is 7.29. The number of benzene rings is 1. The van der Waals surface area contributed by atoms with E-state index in [-0.39, 0.29) is 5.25 Å². The number of rotatable bonds is 6. The minimum absolute atomic E-state index is 0.109. The Hall–Kier alpha value is -2.19. The molecular weight excluding hydrogens is 410 g/mol. The van der Waals surface area contributed by atoms with Gasteiger partial charge in [0.15, 0.2) is 11.6 Å².